The van der Waals surface area contributed by atoms with Crippen molar-refractivity contribution in [2.75, 3.05) is 0 Å². The Morgan fingerprint density at radius 2 is 2.20 bits per heavy atom. The number of thiophene rings is 1. The van der Waals surface area contributed by atoms with Crippen LogP contribution in [0.2, 0.25) is 0 Å². The van der Waals surface area contributed by atoms with Crippen molar-refractivity contribution in [3.8, 4) is 0 Å². The topological polar surface area (TPSA) is 63.8 Å². The van der Waals surface area contributed by atoms with Crippen LogP contribution in [-0.2, 0) is 6.54 Å². The molecule has 0 fully saturated rings. The zero-order valence-electron chi connectivity index (χ0n) is 11.3. The smallest absolute Gasteiger partial charge is 0.263 e. The maximum absolute atomic E-state index is 12.6. The molecule has 7 heteroatoms. The number of nitrogens with zero attached hydrogens (tertiary/aromatic N) is 2. The minimum atomic E-state index is -0.0959. The average molecular weight is 307 g/mol. The van der Waals surface area contributed by atoms with E-state index >= 15 is 0 Å². The first kappa shape index (κ1) is 13.3. The maximum Gasteiger partial charge on any atom is 0.263 e. The molecule has 0 saturated heterocycles. The molecule has 0 amide bonds. The Balaban J connectivity index is 2.23. The van der Waals surface area contributed by atoms with E-state index in [4.69, 9.17) is 16.6 Å². The van der Waals surface area contributed by atoms with Crippen LogP contribution in [0, 0.1) is 25.5 Å². The molecule has 0 aliphatic carbocycles. The molecule has 0 saturated carbocycles. The van der Waals surface area contributed by atoms with E-state index in [1.165, 1.54) is 4.57 Å². The minimum Gasteiger partial charge on any atom is -0.444 e. The van der Waals surface area contributed by atoms with E-state index in [9.17, 15) is 4.79 Å². The minimum absolute atomic E-state index is 0.0959. The van der Waals surface area contributed by atoms with Crippen molar-refractivity contribution in [3.05, 3.63) is 43.4 Å². The number of nitrogens with one attached hydrogen (secondary N) is 1. The molecule has 104 valence electrons. The van der Waals surface area contributed by atoms with Gasteiger partial charge in [0.25, 0.3) is 5.56 Å². The molecule has 5 nitrogen and oxygen atoms in total. The second-order valence-corrected chi connectivity index (χ2v) is 6.28. The summed E-state index contributed by atoms with van der Waals surface area (Å²) in [7, 11) is 0. The van der Waals surface area contributed by atoms with Gasteiger partial charge in [0.05, 0.1) is 11.6 Å². The van der Waals surface area contributed by atoms with Crippen molar-refractivity contribution in [2.24, 2.45) is 0 Å². The number of aryl methyl sites for hydroxylation is 3. The van der Waals surface area contributed by atoms with Gasteiger partial charge in [0.15, 0.2) is 4.77 Å². The predicted molar refractivity (Wildman–Crippen MR) is 81.1 cm³/mol. The number of aromatic amines is 1. The molecule has 0 radical (unpaired) electrons. The summed E-state index contributed by atoms with van der Waals surface area (Å²) in [5.74, 6) is 1.19. The Morgan fingerprint density at radius 3 is 2.85 bits per heavy atom. The van der Waals surface area contributed by atoms with Gasteiger partial charge in [-0.3, -0.25) is 9.36 Å². The Bertz CT molecular complexity index is 914. The summed E-state index contributed by atoms with van der Waals surface area (Å²) < 4.78 is 7.29. The van der Waals surface area contributed by atoms with E-state index in [1.54, 1.807) is 17.5 Å². The molecular weight excluding hydrogens is 294 g/mol. The zero-order valence-corrected chi connectivity index (χ0v) is 12.9. The molecule has 0 aliphatic heterocycles. The quantitative estimate of drug-likeness (QED) is 0.739. The first-order valence-corrected chi connectivity index (χ1v) is 7.34. The first-order valence-electron chi connectivity index (χ1n) is 6.11. The monoisotopic (exact) mass is 307 g/mol. The number of oxazole rings is 1. The largest absolute Gasteiger partial charge is 0.444 e. The molecule has 0 aliphatic rings. The van der Waals surface area contributed by atoms with Crippen molar-refractivity contribution in [1.82, 2.24) is 14.5 Å². The Hall–Kier alpha value is -1.73. The van der Waals surface area contributed by atoms with Crippen LogP contribution in [0.1, 0.15) is 22.1 Å². The van der Waals surface area contributed by atoms with Gasteiger partial charge in [0, 0.05) is 4.88 Å². The molecule has 20 heavy (non-hydrogen) atoms. The highest BCUT2D eigenvalue weighted by Gasteiger charge is 2.14. The van der Waals surface area contributed by atoms with Crippen LogP contribution in [0.15, 0.2) is 15.4 Å². The maximum atomic E-state index is 12.6. The lowest BCUT2D eigenvalue weighted by atomic mass is 10.2. The Morgan fingerprint density at radius 1 is 1.45 bits per heavy atom. The summed E-state index contributed by atoms with van der Waals surface area (Å²) in [4.78, 5) is 21.8. The van der Waals surface area contributed by atoms with Gasteiger partial charge in [0.1, 0.15) is 17.1 Å². The summed E-state index contributed by atoms with van der Waals surface area (Å²) in [5.41, 5.74) is 0.903. The molecule has 3 rings (SSSR count). The Kier molecular flexibility index (Phi) is 3.10. The number of hydrogen-bond acceptors (Lipinski definition) is 5. The highest BCUT2D eigenvalue weighted by molar-refractivity contribution is 7.71. The van der Waals surface area contributed by atoms with E-state index < -0.39 is 0 Å². The lowest BCUT2D eigenvalue weighted by molar-refractivity contribution is 0.452. The third-order valence-electron chi connectivity index (χ3n) is 3.27. The molecule has 0 atom stereocenters. The number of hydrogen-bond donors (Lipinski definition) is 1. The lowest BCUT2D eigenvalue weighted by Gasteiger charge is -2.04. The molecule has 3 heterocycles. The van der Waals surface area contributed by atoms with E-state index in [2.05, 4.69) is 9.97 Å². The van der Waals surface area contributed by atoms with Gasteiger partial charge in [-0.05, 0) is 38.6 Å². The summed E-state index contributed by atoms with van der Waals surface area (Å²) in [5, 5.41) is 0.698. The van der Waals surface area contributed by atoms with Gasteiger partial charge in [-0.15, -0.1) is 11.3 Å². The standard InChI is InChI=1S/C13H13N3O2S2/c1-6-4-14-9(18-6)5-16-12(17)10-7(2)8(3)20-11(10)15-13(16)19/h4H,5H2,1-3H3,(H,15,19). The average Bonchev–Trinajstić information content (AvgIpc) is 2.90. The van der Waals surface area contributed by atoms with Crippen LogP contribution < -0.4 is 5.56 Å². The van der Waals surface area contributed by atoms with E-state index in [0.29, 0.717) is 21.8 Å². The van der Waals surface area contributed by atoms with E-state index in [1.807, 2.05) is 20.8 Å². The normalized spacial score (nSPS) is 11.3. The number of H-pyrrole nitrogens is 1. The fraction of sp³-hybridized carbons (Fsp3) is 0.308. The summed E-state index contributed by atoms with van der Waals surface area (Å²) in [6.45, 7) is 6.01. The highest BCUT2D eigenvalue weighted by Crippen LogP contribution is 2.25. The fourth-order valence-corrected chi connectivity index (χ4v) is 3.48. The second-order valence-electron chi connectivity index (χ2n) is 4.67. The summed E-state index contributed by atoms with van der Waals surface area (Å²) >= 11 is 6.82. The van der Waals surface area contributed by atoms with Gasteiger partial charge in [0.2, 0.25) is 5.89 Å². The Labute approximate surface area is 123 Å². The molecule has 3 aromatic rings. The molecule has 3 aromatic heterocycles. The van der Waals surface area contributed by atoms with E-state index in [-0.39, 0.29) is 12.1 Å². The van der Waals surface area contributed by atoms with Crippen LogP contribution in [0.4, 0.5) is 0 Å². The van der Waals surface area contributed by atoms with Gasteiger partial charge >= 0.3 is 0 Å². The van der Waals surface area contributed by atoms with Crippen LogP contribution in [0.25, 0.3) is 10.2 Å². The molecular formula is C13H13N3O2S2. The second kappa shape index (κ2) is 4.68. The van der Waals surface area contributed by atoms with Crippen molar-refractivity contribution < 1.29 is 4.42 Å². The van der Waals surface area contributed by atoms with Crippen LogP contribution in [0.3, 0.4) is 0 Å². The van der Waals surface area contributed by atoms with Crippen LogP contribution in [0.5, 0.6) is 0 Å². The number of rotatable bonds is 2. The first-order chi connectivity index (χ1) is 9.47. The van der Waals surface area contributed by atoms with Crippen LogP contribution in [-0.4, -0.2) is 14.5 Å². The SMILES string of the molecule is Cc1cnc(Cn2c(=S)[nH]c3sc(C)c(C)c3c2=O)o1. The third-order valence-corrected chi connectivity index (χ3v) is 4.72. The fourth-order valence-electron chi connectivity index (χ4n) is 2.12. The van der Waals surface area contributed by atoms with Crippen molar-refractivity contribution in [1.29, 1.82) is 0 Å². The lowest BCUT2D eigenvalue weighted by Crippen LogP contribution is -2.22. The van der Waals surface area contributed by atoms with Gasteiger partial charge < -0.3 is 9.40 Å². The van der Waals surface area contributed by atoms with Crippen molar-refractivity contribution >= 4 is 33.8 Å². The van der Waals surface area contributed by atoms with Crippen molar-refractivity contribution in [2.45, 2.75) is 27.3 Å². The van der Waals surface area contributed by atoms with E-state index in [0.717, 1.165) is 15.3 Å². The summed E-state index contributed by atoms with van der Waals surface area (Å²) in [6, 6.07) is 0. The highest BCUT2D eigenvalue weighted by atomic mass is 32.1. The number of fused-ring (bicyclic) bond motifs is 1. The molecule has 0 bridgehead atoms. The third kappa shape index (κ3) is 2.03. The van der Waals surface area contributed by atoms with Gasteiger partial charge in [-0.1, -0.05) is 0 Å². The molecule has 0 unspecified atom stereocenters. The van der Waals surface area contributed by atoms with Crippen LogP contribution >= 0.6 is 23.6 Å². The molecule has 0 aromatic carbocycles. The van der Waals surface area contributed by atoms with Crippen molar-refractivity contribution in [3.63, 3.8) is 0 Å². The molecule has 0 spiro atoms. The zero-order chi connectivity index (χ0) is 14.4. The van der Waals surface area contributed by atoms with Gasteiger partial charge in [-0.25, -0.2) is 4.98 Å². The molecule has 1 N–H and O–H groups in total. The summed E-state index contributed by atoms with van der Waals surface area (Å²) in [6.07, 6.45) is 1.63. The van der Waals surface area contributed by atoms with Gasteiger partial charge in [-0.2, -0.15) is 0 Å². The number of aromatic nitrogens is 3. The predicted octanol–water partition coefficient (Wildman–Crippen LogP) is 3.08.